The molecule has 0 spiro atoms. The van der Waals surface area contributed by atoms with Crippen LogP contribution in [-0.4, -0.2) is 34.7 Å². The molecule has 1 aromatic heterocycles. The summed E-state index contributed by atoms with van der Waals surface area (Å²) >= 11 is 7.90. The smallest absolute Gasteiger partial charge is 0.265 e. The zero-order valence-electron chi connectivity index (χ0n) is 16.8. The number of thiophene rings is 1. The molecule has 9 heteroatoms. The van der Waals surface area contributed by atoms with Crippen LogP contribution in [-0.2, 0) is 22.4 Å². The topological polar surface area (TPSA) is 82.4 Å². The van der Waals surface area contributed by atoms with Crippen molar-refractivity contribution in [3.8, 4) is 11.8 Å². The van der Waals surface area contributed by atoms with Gasteiger partial charge in [-0.1, -0.05) is 36.1 Å². The van der Waals surface area contributed by atoms with Crippen LogP contribution in [0, 0.1) is 11.3 Å². The quantitative estimate of drug-likeness (QED) is 0.518. The fraction of sp³-hybridized carbons (Fsp3) is 0.273. The molecule has 31 heavy (non-hydrogen) atoms. The molecular formula is C22H19N3O3S3. The molecule has 0 bridgehead atoms. The Balaban J connectivity index is 1.35. The number of fused-ring (bicyclic) bond motifs is 1. The molecule has 4 rings (SSSR count). The predicted molar refractivity (Wildman–Crippen MR) is 127 cm³/mol. The van der Waals surface area contributed by atoms with E-state index in [0.717, 1.165) is 36.8 Å². The standard InChI is InChI=1S/C22H19N3O3S3/c1-25-21(27)18(31-22(25)29)10-13-6-8-14(9-7-13)28-12-19(26)24-20-16(11-23)15-4-2-3-5-17(15)30-20/h6-10H,2-5,12H2,1H3,(H,24,26)/b18-10-. The van der Waals surface area contributed by atoms with Crippen molar-refractivity contribution in [1.82, 2.24) is 4.90 Å². The summed E-state index contributed by atoms with van der Waals surface area (Å²) in [6, 6.07) is 9.36. The number of aryl methyl sites for hydroxylation is 1. The van der Waals surface area contributed by atoms with E-state index in [1.54, 1.807) is 25.3 Å². The number of amides is 2. The van der Waals surface area contributed by atoms with Crippen LogP contribution in [0.15, 0.2) is 29.2 Å². The first-order valence-corrected chi connectivity index (χ1v) is 11.8. The Hall–Kier alpha value is -2.67. The summed E-state index contributed by atoms with van der Waals surface area (Å²) in [6.45, 7) is -0.152. The first-order valence-electron chi connectivity index (χ1n) is 9.75. The van der Waals surface area contributed by atoms with Crippen molar-refractivity contribution in [2.45, 2.75) is 25.7 Å². The number of likely N-dealkylation sites (N-methyl/N-ethyl adjacent to an activating group) is 1. The van der Waals surface area contributed by atoms with E-state index in [4.69, 9.17) is 17.0 Å². The molecule has 2 aliphatic rings. The van der Waals surface area contributed by atoms with Crippen LogP contribution in [0.2, 0.25) is 0 Å². The number of hydrogen-bond acceptors (Lipinski definition) is 7. The van der Waals surface area contributed by atoms with Gasteiger partial charge in [0, 0.05) is 11.9 Å². The van der Waals surface area contributed by atoms with Crippen LogP contribution in [0.4, 0.5) is 5.00 Å². The van der Waals surface area contributed by atoms with Crippen LogP contribution in [0.1, 0.15) is 34.4 Å². The summed E-state index contributed by atoms with van der Waals surface area (Å²) in [4.78, 5) is 27.7. The molecule has 158 valence electrons. The van der Waals surface area contributed by atoms with E-state index in [2.05, 4.69) is 11.4 Å². The molecule has 1 aliphatic carbocycles. The maximum absolute atomic E-state index is 12.4. The summed E-state index contributed by atoms with van der Waals surface area (Å²) in [7, 11) is 1.66. The summed E-state index contributed by atoms with van der Waals surface area (Å²) in [5.41, 5.74) is 2.52. The molecule has 6 nitrogen and oxygen atoms in total. The molecule has 0 unspecified atom stereocenters. The number of carbonyl (C=O) groups excluding carboxylic acids is 2. The van der Waals surface area contributed by atoms with E-state index in [-0.39, 0.29) is 18.4 Å². The van der Waals surface area contributed by atoms with Gasteiger partial charge in [0.1, 0.15) is 21.1 Å². The van der Waals surface area contributed by atoms with Crippen molar-refractivity contribution >= 4 is 62.5 Å². The van der Waals surface area contributed by atoms with Gasteiger partial charge in [0.05, 0.1) is 10.5 Å². The lowest BCUT2D eigenvalue weighted by atomic mass is 9.96. The third kappa shape index (κ3) is 4.66. The lowest BCUT2D eigenvalue weighted by Crippen LogP contribution is -2.22. The first-order chi connectivity index (χ1) is 15.0. The number of benzene rings is 1. The normalized spacial score (nSPS) is 16.9. The van der Waals surface area contributed by atoms with Gasteiger partial charge < -0.3 is 10.1 Å². The summed E-state index contributed by atoms with van der Waals surface area (Å²) in [5, 5.41) is 12.9. The molecule has 1 N–H and O–H groups in total. The maximum atomic E-state index is 12.4. The van der Waals surface area contributed by atoms with Gasteiger partial charge in [0.15, 0.2) is 6.61 Å². The zero-order chi connectivity index (χ0) is 22.0. The Kier molecular flexibility index (Phi) is 6.41. The largest absolute Gasteiger partial charge is 0.484 e. The lowest BCUT2D eigenvalue weighted by molar-refractivity contribution is -0.121. The van der Waals surface area contributed by atoms with Gasteiger partial charge in [-0.3, -0.25) is 14.5 Å². The molecule has 0 radical (unpaired) electrons. The molecule has 2 amide bonds. The van der Waals surface area contributed by atoms with Gasteiger partial charge in [-0.05, 0) is 55.0 Å². The third-order valence-electron chi connectivity index (χ3n) is 5.07. The van der Waals surface area contributed by atoms with E-state index >= 15 is 0 Å². The summed E-state index contributed by atoms with van der Waals surface area (Å²) in [5.74, 6) is 0.131. The second-order valence-corrected chi connectivity index (χ2v) is 9.95. The number of carbonyl (C=O) groups is 2. The van der Waals surface area contributed by atoms with Crippen molar-refractivity contribution in [1.29, 1.82) is 5.26 Å². The molecule has 2 aromatic rings. The highest BCUT2D eigenvalue weighted by molar-refractivity contribution is 8.26. The first kappa shape index (κ1) is 21.6. The van der Waals surface area contributed by atoms with Crippen LogP contribution in [0.3, 0.4) is 0 Å². The molecular weight excluding hydrogens is 450 g/mol. The minimum absolute atomic E-state index is 0.112. The van der Waals surface area contributed by atoms with E-state index in [1.165, 1.54) is 32.9 Å². The summed E-state index contributed by atoms with van der Waals surface area (Å²) in [6.07, 6.45) is 5.85. The Labute approximate surface area is 193 Å². The second kappa shape index (κ2) is 9.22. The van der Waals surface area contributed by atoms with Gasteiger partial charge in [-0.15, -0.1) is 11.3 Å². The monoisotopic (exact) mass is 469 g/mol. The van der Waals surface area contributed by atoms with E-state index in [9.17, 15) is 14.9 Å². The van der Waals surface area contributed by atoms with Crippen molar-refractivity contribution in [3.63, 3.8) is 0 Å². The average molecular weight is 470 g/mol. The van der Waals surface area contributed by atoms with Gasteiger partial charge in [0.2, 0.25) is 0 Å². The number of hydrogen-bond donors (Lipinski definition) is 1. The molecule has 0 atom stereocenters. The minimum Gasteiger partial charge on any atom is -0.484 e. The minimum atomic E-state index is -0.300. The van der Waals surface area contributed by atoms with Crippen molar-refractivity contribution in [3.05, 3.63) is 50.7 Å². The van der Waals surface area contributed by atoms with Crippen molar-refractivity contribution < 1.29 is 14.3 Å². The Morgan fingerprint density at radius 3 is 2.74 bits per heavy atom. The number of thiocarbonyl (C=S) groups is 1. The fourth-order valence-electron chi connectivity index (χ4n) is 3.44. The fourth-order valence-corrected chi connectivity index (χ4v) is 5.88. The Morgan fingerprint density at radius 1 is 1.32 bits per heavy atom. The zero-order valence-corrected chi connectivity index (χ0v) is 19.2. The molecule has 1 aromatic carbocycles. The molecule has 2 heterocycles. The highest BCUT2D eigenvalue weighted by Crippen LogP contribution is 2.37. The maximum Gasteiger partial charge on any atom is 0.265 e. The number of nitrogens with zero attached hydrogens (tertiary/aromatic N) is 2. The second-order valence-electron chi connectivity index (χ2n) is 7.17. The SMILES string of the molecule is CN1C(=O)/C(=C/c2ccc(OCC(=O)Nc3sc4c(c3C#N)CCCC4)cc2)SC1=S. The number of nitriles is 1. The van der Waals surface area contributed by atoms with Gasteiger partial charge in [-0.25, -0.2) is 0 Å². The van der Waals surface area contributed by atoms with Gasteiger partial charge >= 0.3 is 0 Å². The van der Waals surface area contributed by atoms with E-state index < -0.39 is 0 Å². The third-order valence-corrected chi connectivity index (χ3v) is 7.76. The van der Waals surface area contributed by atoms with Crippen LogP contribution < -0.4 is 10.1 Å². The number of thioether (sulfide) groups is 1. The molecule has 1 aliphatic heterocycles. The number of nitrogens with one attached hydrogen (secondary N) is 1. The summed E-state index contributed by atoms with van der Waals surface area (Å²) < 4.78 is 6.12. The van der Waals surface area contributed by atoms with Crippen LogP contribution in [0.5, 0.6) is 5.75 Å². The number of ether oxygens (including phenoxy) is 1. The van der Waals surface area contributed by atoms with E-state index in [0.29, 0.717) is 25.5 Å². The van der Waals surface area contributed by atoms with E-state index in [1.807, 2.05) is 12.1 Å². The van der Waals surface area contributed by atoms with Gasteiger partial charge in [0.25, 0.3) is 11.8 Å². The molecule has 1 fully saturated rings. The Bertz CT molecular complexity index is 1130. The average Bonchev–Trinajstić information content (AvgIpc) is 3.24. The van der Waals surface area contributed by atoms with Crippen LogP contribution >= 0.6 is 35.3 Å². The highest BCUT2D eigenvalue weighted by atomic mass is 32.2. The van der Waals surface area contributed by atoms with Crippen molar-refractivity contribution in [2.24, 2.45) is 0 Å². The van der Waals surface area contributed by atoms with Crippen molar-refractivity contribution in [2.75, 3.05) is 19.0 Å². The number of rotatable bonds is 5. The Morgan fingerprint density at radius 2 is 2.06 bits per heavy atom. The lowest BCUT2D eigenvalue weighted by Gasteiger charge is -2.09. The molecule has 1 saturated heterocycles. The highest BCUT2D eigenvalue weighted by Gasteiger charge is 2.28. The predicted octanol–water partition coefficient (Wildman–Crippen LogP) is 4.35. The van der Waals surface area contributed by atoms with Crippen LogP contribution in [0.25, 0.3) is 6.08 Å². The molecule has 0 saturated carbocycles. The number of anilines is 1. The van der Waals surface area contributed by atoms with Gasteiger partial charge in [-0.2, -0.15) is 5.26 Å².